The third-order valence-corrected chi connectivity index (χ3v) is 7.06. The van der Waals surface area contributed by atoms with Gasteiger partial charge < -0.3 is 20.3 Å². The quantitative estimate of drug-likeness (QED) is 0.485. The molecule has 1 saturated heterocycles. The monoisotopic (exact) mass is 513 g/mol. The lowest BCUT2D eigenvalue weighted by Gasteiger charge is -2.34. The molecule has 0 radical (unpaired) electrons. The summed E-state index contributed by atoms with van der Waals surface area (Å²) in [5.41, 5.74) is 0.862. The van der Waals surface area contributed by atoms with Crippen LogP contribution in [-0.4, -0.2) is 62.7 Å². The second-order valence-electron chi connectivity index (χ2n) is 10.1. The molecule has 1 aromatic carbocycles. The molecule has 11 heteroatoms. The van der Waals surface area contributed by atoms with Crippen molar-refractivity contribution in [3.8, 4) is 0 Å². The summed E-state index contributed by atoms with van der Waals surface area (Å²) in [6, 6.07) is 3.87. The van der Waals surface area contributed by atoms with Crippen molar-refractivity contribution in [3.63, 3.8) is 0 Å². The molecule has 198 valence electrons. The zero-order chi connectivity index (χ0) is 25.9. The fourth-order valence-electron chi connectivity index (χ4n) is 5.14. The lowest BCUT2D eigenvalue weighted by molar-refractivity contribution is -0.141. The van der Waals surface area contributed by atoms with E-state index in [1.54, 1.807) is 6.20 Å². The number of nitrogens with zero attached hydrogens (tertiary/aromatic N) is 5. The number of para-hydroxylation sites is 1. The number of carbonyl (C=O) groups excluding carboxylic acids is 1. The Labute approximate surface area is 214 Å². The minimum absolute atomic E-state index is 0.0307. The van der Waals surface area contributed by atoms with Gasteiger partial charge in [0, 0.05) is 31.6 Å². The number of carbonyl (C=O) groups is 1. The molecule has 9 nitrogen and oxygen atoms in total. The number of benzene rings is 1. The Morgan fingerprint density at radius 2 is 1.81 bits per heavy atom. The molecule has 1 aliphatic carbocycles. The summed E-state index contributed by atoms with van der Waals surface area (Å²) in [6.45, 7) is 7.07. The van der Waals surface area contributed by atoms with Gasteiger partial charge in [0.2, 0.25) is 17.8 Å². The lowest BCUT2D eigenvalue weighted by atomic mass is 9.81. The second-order valence-corrected chi connectivity index (χ2v) is 10.1. The van der Waals surface area contributed by atoms with Gasteiger partial charge in [0.25, 0.3) is 0 Å². The average molecular weight is 514 g/mol. The van der Waals surface area contributed by atoms with E-state index in [9.17, 15) is 13.6 Å². The van der Waals surface area contributed by atoms with Crippen LogP contribution in [0.15, 0.2) is 24.4 Å². The first-order valence-electron chi connectivity index (χ1n) is 13.0. The Hall–Kier alpha value is -3.34. The summed E-state index contributed by atoms with van der Waals surface area (Å²) in [4.78, 5) is 28.5. The largest absolute Gasteiger partial charge is 0.378 e. The van der Waals surface area contributed by atoms with Gasteiger partial charge in [0.15, 0.2) is 5.65 Å². The van der Waals surface area contributed by atoms with Crippen molar-refractivity contribution in [2.45, 2.75) is 52.1 Å². The molecule has 1 amide bonds. The van der Waals surface area contributed by atoms with E-state index in [1.807, 2.05) is 23.3 Å². The molecule has 2 aromatic heterocycles. The van der Waals surface area contributed by atoms with Crippen LogP contribution in [0.4, 0.5) is 26.4 Å². The van der Waals surface area contributed by atoms with Crippen LogP contribution in [0.2, 0.25) is 0 Å². The van der Waals surface area contributed by atoms with Gasteiger partial charge in [-0.25, -0.2) is 18.7 Å². The normalized spacial score (nSPS) is 20.4. The number of imidazole rings is 1. The van der Waals surface area contributed by atoms with Gasteiger partial charge in [-0.15, -0.1) is 0 Å². The molecule has 3 heterocycles. The van der Waals surface area contributed by atoms with Gasteiger partial charge >= 0.3 is 0 Å². The van der Waals surface area contributed by atoms with Gasteiger partial charge in [-0.05, 0) is 57.6 Å². The molecule has 1 saturated carbocycles. The van der Waals surface area contributed by atoms with Crippen LogP contribution in [-0.2, 0) is 16.1 Å². The molecule has 5 rings (SSSR count). The van der Waals surface area contributed by atoms with Crippen molar-refractivity contribution in [2.75, 3.05) is 36.9 Å². The molecule has 3 aromatic rings. The van der Waals surface area contributed by atoms with Crippen LogP contribution < -0.4 is 10.6 Å². The maximum atomic E-state index is 14.4. The molecule has 0 bridgehead atoms. The Kier molecular flexibility index (Phi) is 7.50. The highest BCUT2D eigenvalue weighted by atomic mass is 19.1. The number of ether oxygens (including phenoxy) is 1. The Bertz CT molecular complexity index is 1230. The third kappa shape index (κ3) is 5.66. The molecule has 2 N–H and O–H groups in total. The van der Waals surface area contributed by atoms with E-state index in [4.69, 9.17) is 4.74 Å². The Balaban J connectivity index is 1.38. The van der Waals surface area contributed by atoms with Crippen molar-refractivity contribution in [1.29, 1.82) is 0 Å². The number of anilines is 3. The molecular weight excluding hydrogens is 480 g/mol. The molecule has 2 fully saturated rings. The van der Waals surface area contributed by atoms with Crippen LogP contribution in [0.25, 0.3) is 11.2 Å². The zero-order valence-corrected chi connectivity index (χ0v) is 21.2. The SMILES string of the molecule is CC(C)Nc1ncc2nc(Nc3c(F)cccc3F)n(CC3CCC(C(=O)N4CCOCC4)CC3)c2n1. The van der Waals surface area contributed by atoms with Crippen LogP contribution in [0.5, 0.6) is 0 Å². The average Bonchev–Trinajstić information content (AvgIpc) is 3.22. The maximum Gasteiger partial charge on any atom is 0.225 e. The summed E-state index contributed by atoms with van der Waals surface area (Å²) in [5, 5.41) is 6.06. The van der Waals surface area contributed by atoms with Gasteiger partial charge in [-0.1, -0.05) is 6.07 Å². The molecule has 37 heavy (non-hydrogen) atoms. The number of morpholine rings is 1. The first-order valence-corrected chi connectivity index (χ1v) is 13.0. The summed E-state index contributed by atoms with van der Waals surface area (Å²) in [5.74, 6) is -0.0993. The van der Waals surface area contributed by atoms with E-state index in [2.05, 4.69) is 25.6 Å². The third-order valence-electron chi connectivity index (χ3n) is 7.06. The van der Waals surface area contributed by atoms with E-state index >= 15 is 0 Å². The first kappa shape index (κ1) is 25.3. The van der Waals surface area contributed by atoms with E-state index in [0.717, 1.165) is 25.7 Å². The number of amides is 1. The van der Waals surface area contributed by atoms with E-state index < -0.39 is 11.6 Å². The van der Waals surface area contributed by atoms with E-state index in [1.165, 1.54) is 18.2 Å². The molecule has 1 aliphatic heterocycles. The minimum Gasteiger partial charge on any atom is -0.378 e. The van der Waals surface area contributed by atoms with E-state index in [-0.39, 0.29) is 29.5 Å². The highest BCUT2D eigenvalue weighted by Crippen LogP contribution is 2.34. The van der Waals surface area contributed by atoms with Gasteiger partial charge in [-0.2, -0.15) is 4.98 Å². The predicted molar refractivity (Wildman–Crippen MR) is 137 cm³/mol. The van der Waals surface area contributed by atoms with E-state index in [0.29, 0.717) is 55.9 Å². The first-order chi connectivity index (χ1) is 17.9. The molecule has 0 spiro atoms. The number of nitrogens with one attached hydrogen (secondary N) is 2. The van der Waals surface area contributed by atoms with Crippen LogP contribution >= 0.6 is 0 Å². The van der Waals surface area contributed by atoms with Gasteiger partial charge in [-0.3, -0.25) is 9.36 Å². The highest BCUT2D eigenvalue weighted by Gasteiger charge is 2.31. The lowest BCUT2D eigenvalue weighted by Crippen LogP contribution is -2.44. The fourth-order valence-corrected chi connectivity index (χ4v) is 5.14. The van der Waals surface area contributed by atoms with Crippen molar-refractivity contribution in [3.05, 3.63) is 36.0 Å². The molecular formula is C26H33F2N7O2. The number of rotatable bonds is 7. The van der Waals surface area contributed by atoms with Crippen LogP contribution in [0.3, 0.4) is 0 Å². The number of hydrogen-bond donors (Lipinski definition) is 2. The van der Waals surface area contributed by atoms with Crippen molar-refractivity contribution >= 4 is 34.7 Å². The Morgan fingerprint density at radius 3 is 2.49 bits per heavy atom. The van der Waals surface area contributed by atoms with Crippen LogP contribution in [0.1, 0.15) is 39.5 Å². The minimum atomic E-state index is -0.700. The fraction of sp³-hybridized carbons (Fsp3) is 0.538. The smallest absolute Gasteiger partial charge is 0.225 e. The second kappa shape index (κ2) is 11.0. The van der Waals surface area contributed by atoms with Crippen molar-refractivity contribution in [2.24, 2.45) is 11.8 Å². The summed E-state index contributed by atoms with van der Waals surface area (Å²) >= 11 is 0. The summed E-state index contributed by atoms with van der Waals surface area (Å²) in [6.07, 6.45) is 4.98. The van der Waals surface area contributed by atoms with Gasteiger partial charge in [0.1, 0.15) is 22.8 Å². The number of fused-ring (bicyclic) bond motifs is 1. The van der Waals surface area contributed by atoms with Crippen molar-refractivity contribution < 1.29 is 18.3 Å². The number of halogens is 2. The molecule has 0 atom stereocenters. The number of aromatic nitrogens is 4. The zero-order valence-electron chi connectivity index (χ0n) is 21.2. The molecule has 0 unspecified atom stereocenters. The maximum absolute atomic E-state index is 14.4. The summed E-state index contributed by atoms with van der Waals surface area (Å²) < 4.78 is 36.1. The Morgan fingerprint density at radius 1 is 1.11 bits per heavy atom. The molecule has 2 aliphatic rings. The van der Waals surface area contributed by atoms with Crippen LogP contribution in [0, 0.1) is 23.5 Å². The highest BCUT2D eigenvalue weighted by molar-refractivity contribution is 5.79. The van der Waals surface area contributed by atoms with Gasteiger partial charge in [0.05, 0.1) is 19.4 Å². The topological polar surface area (TPSA) is 97.2 Å². The van der Waals surface area contributed by atoms with Crippen molar-refractivity contribution in [1.82, 2.24) is 24.4 Å². The number of hydrogen-bond acceptors (Lipinski definition) is 7. The summed E-state index contributed by atoms with van der Waals surface area (Å²) in [7, 11) is 0. The predicted octanol–water partition coefficient (Wildman–Crippen LogP) is 4.33. The standard InChI is InChI=1S/C26H33F2N7O2/c1-16(2)30-25-29-14-21-23(33-25)35(26(31-21)32-22-19(27)4-3-5-20(22)28)15-17-6-8-18(9-7-17)24(36)34-10-12-37-13-11-34/h3-5,14,16-18H,6-13,15H2,1-2H3,(H,31,32)(H,29,30,33).